The molecule has 0 aromatic carbocycles. The van der Waals surface area contributed by atoms with E-state index in [1.165, 1.54) is 0 Å². The monoisotopic (exact) mass is 329 g/mol. The van der Waals surface area contributed by atoms with Gasteiger partial charge in [-0.25, -0.2) is 4.79 Å². The molecule has 0 fully saturated rings. The predicted molar refractivity (Wildman–Crippen MR) is 76.6 cm³/mol. The van der Waals surface area contributed by atoms with Gasteiger partial charge in [0.2, 0.25) is 0 Å². The first-order valence-corrected chi connectivity index (χ1v) is 6.41. The Bertz CT molecular complexity index is 244. The maximum absolute atomic E-state index is 10.9. The number of carbonyl (C=O) groups excluding carboxylic acids is 2. The maximum atomic E-state index is 10.9. The van der Waals surface area contributed by atoms with E-state index in [1.54, 1.807) is 0 Å². The van der Waals surface area contributed by atoms with Crippen LogP contribution >= 0.6 is 12.4 Å². The van der Waals surface area contributed by atoms with Crippen LogP contribution < -0.4 is 5.73 Å². The van der Waals surface area contributed by atoms with Crippen molar-refractivity contribution < 1.29 is 33.3 Å². The largest absolute Gasteiger partial charge is 0.456 e. The van der Waals surface area contributed by atoms with Crippen molar-refractivity contribution in [2.24, 2.45) is 5.73 Å². The van der Waals surface area contributed by atoms with E-state index in [9.17, 15) is 9.59 Å². The van der Waals surface area contributed by atoms with Crippen LogP contribution in [-0.2, 0) is 33.3 Å². The molecule has 126 valence electrons. The van der Waals surface area contributed by atoms with Crippen molar-refractivity contribution in [3.05, 3.63) is 0 Å². The Hall–Kier alpha value is -0.770. The van der Waals surface area contributed by atoms with Crippen molar-refractivity contribution >= 4 is 24.7 Å². The lowest BCUT2D eigenvalue weighted by molar-refractivity contribution is -0.151. The van der Waals surface area contributed by atoms with Crippen molar-refractivity contribution in [2.45, 2.75) is 0 Å². The summed E-state index contributed by atoms with van der Waals surface area (Å²) in [6.07, 6.45) is 0.502. The van der Waals surface area contributed by atoms with Crippen LogP contribution in [0.1, 0.15) is 0 Å². The molecule has 0 aliphatic heterocycles. The van der Waals surface area contributed by atoms with E-state index < -0.39 is 5.97 Å². The van der Waals surface area contributed by atoms with Crippen LogP contribution in [-0.4, -0.2) is 78.3 Å². The average Bonchev–Trinajstić information content (AvgIpc) is 2.46. The number of hydrogen-bond acceptors (Lipinski definition) is 8. The second-order valence-electron chi connectivity index (χ2n) is 3.53. The van der Waals surface area contributed by atoms with Crippen molar-refractivity contribution in [3.63, 3.8) is 0 Å². The van der Waals surface area contributed by atoms with Crippen LogP contribution in [0.2, 0.25) is 0 Å². The predicted octanol–water partition coefficient (Wildman–Crippen LogP) is -0.825. The van der Waals surface area contributed by atoms with Gasteiger partial charge >= 0.3 is 5.97 Å². The molecule has 0 amide bonds. The van der Waals surface area contributed by atoms with Gasteiger partial charge in [0, 0.05) is 6.54 Å². The molecule has 2 N–H and O–H groups in total. The minimum atomic E-state index is -0.571. The van der Waals surface area contributed by atoms with E-state index in [0.717, 1.165) is 0 Å². The third kappa shape index (κ3) is 19.2. The molecule has 8 nitrogen and oxygen atoms in total. The first kappa shape index (κ1) is 22.5. The average molecular weight is 330 g/mol. The number of halogens is 1. The van der Waals surface area contributed by atoms with Crippen LogP contribution in [0.5, 0.6) is 0 Å². The molecule has 0 aliphatic rings. The van der Waals surface area contributed by atoms with Gasteiger partial charge in [-0.05, 0) is 0 Å². The summed E-state index contributed by atoms with van der Waals surface area (Å²) in [6, 6.07) is 0. The topological polar surface area (TPSA) is 106 Å². The van der Waals surface area contributed by atoms with Crippen molar-refractivity contribution in [2.75, 3.05) is 66.0 Å². The highest BCUT2D eigenvalue weighted by atomic mass is 35.5. The highest BCUT2D eigenvalue weighted by Gasteiger charge is 2.01. The van der Waals surface area contributed by atoms with Gasteiger partial charge in [0.1, 0.15) is 13.2 Å². The summed E-state index contributed by atoms with van der Waals surface area (Å²) in [5.41, 5.74) is 5.25. The lowest BCUT2D eigenvalue weighted by atomic mass is 10.6. The summed E-state index contributed by atoms with van der Waals surface area (Å²) in [6.45, 7) is 3.16. The number of carbonyl (C=O) groups is 2. The zero-order valence-corrected chi connectivity index (χ0v) is 12.8. The second kappa shape index (κ2) is 19.2. The molecule has 0 saturated carbocycles. The van der Waals surface area contributed by atoms with E-state index in [0.29, 0.717) is 52.5 Å². The van der Waals surface area contributed by atoms with Gasteiger partial charge in [-0.2, -0.15) is 0 Å². The van der Waals surface area contributed by atoms with Crippen LogP contribution in [0.25, 0.3) is 0 Å². The molecule has 0 aliphatic carbocycles. The molecule has 0 rings (SSSR count). The molecular weight excluding hydrogens is 306 g/mol. The fourth-order valence-corrected chi connectivity index (χ4v) is 1.07. The van der Waals surface area contributed by atoms with Gasteiger partial charge in [0.05, 0.1) is 46.2 Å². The first-order valence-electron chi connectivity index (χ1n) is 6.41. The number of ether oxygens (including phenoxy) is 5. The Morgan fingerprint density at radius 1 is 0.857 bits per heavy atom. The van der Waals surface area contributed by atoms with E-state index in [-0.39, 0.29) is 32.2 Å². The SMILES string of the molecule is Cl.NCCOCCOCCOCCOCC(=O)OCC=O. The molecule has 9 heteroatoms. The molecular formula is C12H24ClNO7. The smallest absolute Gasteiger partial charge is 0.332 e. The molecule has 0 unspecified atom stereocenters. The summed E-state index contributed by atoms with van der Waals surface area (Å²) >= 11 is 0. The minimum Gasteiger partial charge on any atom is -0.456 e. The highest BCUT2D eigenvalue weighted by molar-refractivity contribution is 5.85. The summed E-state index contributed by atoms with van der Waals surface area (Å²) in [7, 11) is 0. The van der Waals surface area contributed by atoms with Crippen molar-refractivity contribution in [1.29, 1.82) is 0 Å². The Kier molecular flexibility index (Phi) is 20.6. The van der Waals surface area contributed by atoms with E-state index in [2.05, 4.69) is 4.74 Å². The third-order valence-corrected chi connectivity index (χ3v) is 1.91. The lowest BCUT2D eigenvalue weighted by Gasteiger charge is -2.07. The molecule has 0 radical (unpaired) electrons. The standard InChI is InChI=1S/C12H23NO7.ClH/c13-1-3-16-5-6-17-7-8-18-9-10-19-11-12(15)20-4-2-14;/h2H,1,3-11,13H2;1H. The zero-order chi connectivity index (χ0) is 14.9. The van der Waals surface area contributed by atoms with Crippen LogP contribution in [0.3, 0.4) is 0 Å². The van der Waals surface area contributed by atoms with Crippen molar-refractivity contribution in [1.82, 2.24) is 0 Å². The molecule has 0 saturated heterocycles. The maximum Gasteiger partial charge on any atom is 0.332 e. The Balaban J connectivity index is 0. The van der Waals surface area contributed by atoms with Gasteiger partial charge in [-0.15, -0.1) is 12.4 Å². The number of aldehydes is 1. The van der Waals surface area contributed by atoms with Gasteiger partial charge in [0.15, 0.2) is 6.29 Å². The quantitative estimate of drug-likeness (QED) is 0.236. The third-order valence-electron chi connectivity index (χ3n) is 1.91. The van der Waals surface area contributed by atoms with Gasteiger partial charge in [0.25, 0.3) is 0 Å². The Labute approximate surface area is 130 Å². The lowest BCUT2D eigenvalue weighted by Crippen LogP contribution is -2.17. The van der Waals surface area contributed by atoms with Gasteiger partial charge in [-0.3, -0.25) is 4.79 Å². The number of rotatable bonds is 15. The fraction of sp³-hybridized carbons (Fsp3) is 0.833. The molecule has 0 atom stereocenters. The van der Waals surface area contributed by atoms with Crippen LogP contribution in [0.4, 0.5) is 0 Å². The fourth-order valence-electron chi connectivity index (χ4n) is 1.07. The number of nitrogens with two attached hydrogens (primary N) is 1. The highest BCUT2D eigenvalue weighted by Crippen LogP contribution is 1.84. The van der Waals surface area contributed by atoms with E-state index in [4.69, 9.17) is 24.7 Å². The summed E-state index contributed by atoms with van der Waals surface area (Å²) < 4.78 is 25.0. The number of hydrogen-bond donors (Lipinski definition) is 1. The van der Waals surface area contributed by atoms with Crippen LogP contribution in [0.15, 0.2) is 0 Å². The normalized spacial score (nSPS) is 9.95. The van der Waals surface area contributed by atoms with Crippen LogP contribution in [0, 0.1) is 0 Å². The molecule has 0 aromatic rings. The van der Waals surface area contributed by atoms with Crippen molar-refractivity contribution in [3.8, 4) is 0 Å². The number of esters is 1. The summed E-state index contributed by atoms with van der Waals surface area (Å²) in [5, 5.41) is 0. The molecule has 0 bridgehead atoms. The summed E-state index contributed by atoms with van der Waals surface area (Å²) in [5.74, 6) is -0.571. The Morgan fingerprint density at radius 3 is 1.81 bits per heavy atom. The Morgan fingerprint density at radius 2 is 1.33 bits per heavy atom. The minimum absolute atomic E-state index is 0. The van der Waals surface area contributed by atoms with E-state index >= 15 is 0 Å². The molecule has 0 aromatic heterocycles. The van der Waals surface area contributed by atoms with Gasteiger partial charge < -0.3 is 29.4 Å². The van der Waals surface area contributed by atoms with E-state index in [1.807, 2.05) is 0 Å². The summed E-state index contributed by atoms with van der Waals surface area (Å²) in [4.78, 5) is 20.8. The molecule has 21 heavy (non-hydrogen) atoms. The molecule has 0 spiro atoms. The second-order valence-corrected chi connectivity index (χ2v) is 3.53. The molecule has 0 heterocycles. The first-order chi connectivity index (χ1) is 9.81. The van der Waals surface area contributed by atoms with Gasteiger partial charge in [-0.1, -0.05) is 0 Å². The zero-order valence-electron chi connectivity index (χ0n) is 12.0.